The quantitative estimate of drug-likeness (QED) is 0.172. The molecule has 7 aromatic carbocycles. The number of hydrogen-bond donors (Lipinski definition) is 0. The summed E-state index contributed by atoms with van der Waals surface area (Å²) in [5.74, 6) is 0. The fourth-order valence-electron chi connectivity index (χ4n) is 6.02. The Morgan fingerprint density at radius 2 is 0.911 bits per heavy atom. The van der Waals surface area contributed by atoms with Crippen LogP contribution in [0.3, 0.4) is 0 Å². The topological polar surface area (TPSA) is 3.24 Å². The Labute approximate surface area is 282 Å². The zero-order chi connectivity index (χ0) is 31.1. The third-order valence-electron chi connectivity index (χ3n) is 8.50. The van der Waals surface area contributed by atoms with E-state index in [2.05, 4.69) is 203 Å². The molecule has 0 aliphatic rings. The normalized spacial score (nSPS) is 11.7. The van der Waals surface area contributed by atoms with E-state index in [0.717, 1.165) is 37.1 Å². The maximum absolute atomic E-state index is 3.94. The van der Waals surface area contributed by atoms with Crippen molar-refractivity contribution in [1.82, 2.24) is 0 Å². The van der Waals surface area contributed by atoms with Crippen LogP contribution in [0.4, 0.5) is 17.1 Å². The summed E-state index contributed by atoms with van der Waals surface area (Å²) in [7, 11) is 0. The molecule has 0 bridgehead atoms. The minimum atomic E-state index is 0.140. The lowest BCUT2D eigenvalue weighted by Crippen LogP contribution is -2.10. The summed E-state index contributed by atoms with van der Waals surface area (Å²) in [5.41, 5.74) is 9.64. The molecule has 0 atom stereocenters. The maximum Gasteiger partial charge on any atom is 0.0468 e. The van der Waals surface area contributed by atoms with Gasteiger partial charge < -0.3 is 4.90 Å². The van der Waals surface area contributed by atoms with E-state index in [0.29, 0.717) is 0 Å². The van der Waals surface area contributed by atoms with Gasteiger partial charge in [-0.2, -0.15) is 0 Å². The lowest BCUT2D eigenvalue weighted by molar-refractivity contribution is 0.590. The van der Waals surface area contributed by atoms with Crippen LogP contribution in [0.5, 0.6) is 0 Å². The molecule has 0 amide bonds. The van der Waals surface area contributed by atoms with Crippen LogP contribution in [0.2, 0.25) is 0 Å². The molecule has 7 aromatic rings. The molecule has 0 spiro atoms. The van der Waals surface area contributed by atoms with Crippen LogP contribution in [0.15, 0.2) is 155 Å². The molecular weight excluding hydrogens is 678 g/mol. The maximum atomic E-state index is 3.94. The van der Waals surface area contributed by atoms with Gasteiger partial charge in [0.05, 0.1) is 0 Å². The molecule has 0 aliphatic carbocycles. The Balaban J connectivity index is 1.28. The third-order valence-corrected chi connectivity index (χ3v) is 9.81. The number of benzene rings is 7. The van der Waals surface area contributed by atoms with Crippen LogP contribution in [0, 0.1) is 0 Å². The van der Waals surface area contributed by atoms with Gasteiger partial charge in [-0.3, -0.25) is 0 Å². The van der Waals surface area contributed by atoms with E-state index in [1.54, 1.807) is 0 Å². The smallest absolute Gasteiger partial charge is 0.0468 e. The van der Waals surface area contributed by atoms with E-state index in [4.69, 9.17) is 0 Å². The summed E-state index contributed by atoms with van der Waals surface area (Å²) < 4.78 is 2.14. The first kappa shape index (κ1) is 29.5. The van der Waals surface area contributed by atoms with Gasteiger partial charge >= 0.3 is 0 Å². The highest BCUT2D eigenvalue weighted by Gasteiger charge is 2.16. The first-order valence-electron chi connectivity index (χ1n) is 15.2. The van der Waals surface area contributed by atoms with Crippen molar-refractivity contribution in [3.63, 3.8) is 0 Å². The minimum absolute atomic E-state index is 0.140. The molecule has 3 heteroatoms. The first-order valence-corrected chi connectivity index (χ1v) is 16.8. The van der Waals surface area contributed by atoms with Gasteiger partial charge in [0, 0.05) is 26.0 Å². The molecule has 0 saturated heterocycles. The molecular formula is C42H33Br2N. The number of halogens is 2. The van der Waals surface area contributed by atoms with Crippen molar-refractivity contribution >= 4 is 70.5 Å². The number of nitrogens with zero attached hydrogens (tertiary/aromatic N) is 1. The first-order chi connectivity index (χ1) is 21.7. The van der Waals surface area contributed by atoms with E-state index in [-0.39, 0.29) is 5.41 Å². The molecule has 0 unspecified atom stereocenters. The van der Waals surface area contributed by atoms with Crippen molar-refractivity contribution in [1.29, 1.82) is 0 Å². The molecule has 0 N–H and O–H groups in total. The fraction of sp³-hybridized carbons (Fsp3) is 0.0952. The number of para-hydroxylation sites is 2. The van der Waals surface area contributed by atoms with Crippen LogP contribution in [0.25, 0.3) is 43.8 Å². The molecule has 45 heavy (non-hydrogen) atoms. The summed E-state index contributed by atoms with van der Waals surface area (Å²) >= 11 is 7.84. The van der Waals surface area contributed by atoms with E-state index >= 15 is 0 Å². The van der Waals surface area contributed by atoms with Crippen molar-refractivity contribution < 1.29 is 0 Å². The summed E-state index contributed by atoms with van der Waals surface area (Å²) in [4.78, 5) is 2.30. The number of rotatable bonds is 5. The Bertz CT molecular complexity index is 2110. The number of anilines is 3. The average molecular weight is 712 g/mol. The molecule has 220 valence electrons. The molecule has 0 fully saturated rings. The van der Waals surface area contributed by atoms with Crippen LogP contribution < -0.4 is 4.90 Å². The second kappa shape index (κ2) is 12.0. The van der Waals surface area contributed by atoms with Crippen LogP contribution in [-0.2, 0) is 5.41 Å². The lowest BCUT2D eigenvalue weighted by atomic mass is 9.86. The van der Waals surface area contributed by atoms with Gasteiger partial charge in [-0.25, -0.2) is 0 Å². The molecule has 0 aromatic heterocycles. The molecule has 0 radical (unpaired) electrons. The second-order valence-corrected chi connectivity index (χ2v) is 14.3. The summed E-state index contributed by atoms with van der Waals surface area (Å²) in [6.07, 6.45) is 0. The SMILES string of the molecule is CC(C)(C)c1ccc(-c2ccc3cc(Br)c(-c4cc5ccc(N(c6ccccc6)c6ccccc6)cc5cc4Br)cc3c2)cc1. The zero-order valence-corrected chi connectivity index (χ0v) is 28.7. The zero-order valence-electron chi connectivity index (χ0n) is 25.6. The van der Waals surface area contributed by atoms with Gasteiger partial charge in [-0.1, -0.05) is 131 Å². The monoisotopic (exact) mass is 709 g/mol. The van der Waals surface area contributed by atoms with Gasteiger partial charge in [0.15, 0.2) is 0 Å². The van der Waals surface area contributed by atoms with E-state index < -0.39 is 0 Å². The van der Waals surface area contributed by atoms with Gasteiger partial charge in [0.2, 0.25) is 0 Å². The summed E-state index contributed by atoms with van der Waals surface area (Å²) in [5, 5.41) is 4.80. The van der Waals surface area contributed by atoms with Gasteiger partial charge in [-0.15, -0.1) is 0 Å². The van der Waals surface area contributed by atoms with E-state index in [1.807, 2.05) is 0 Å². The Morgan fingerprint density at radius 1 is 0.422 bits per heavy atom. The van der Waals surface area contributed by atoms with Gasteiger partial charge in [0.25, 0.3) is 0 Å². The Kier molecular flexibility index (Phi) is 7.85. The second-order valence-electron chi connectivity index (χ2n) is 12.6. The number of hydrogen-bond acceptors (Lipinski definition) is 1. The highest BCUT2D eigenvalue weighted by Crippen LogP contribution is 2.41. The highest BCUT2D eigenvalue weighted by molar-refractivity contribution is 9.11. The van der Waals surface area contributed by atoms with Crippen LogP contribution in [0.1, 0.15) is 26.3 Å². The third kappa shape index (κ3) is 5.95. The van der Waals surface area contributed by atoms with E-state index in [1.165, 1.54) is 38.2 Å². The fourth-order valence-corrected chi connectivity index (χ4v) is 7.17. The number of fused-ring (bicyclic) bond motifs is 2. The molecule has 0 heterocycles. The largest absolute Gasteiger partial charge is 0.310 e. The van der Waals surface area contributed by atoms with Gasteiger partial charge in [-0.05, 0) is 122 Å². The standard InChI is InChI=1S/C42H33Br2N/c1-42(2,3)34-19-16-28(17-20-34)29-14-15-31-26-40(43)39(25-32(31)22-29)38-24-30-18-21-37(23-33(30)27-41(38)44)45(35-10-6-4-7-11-35)36-12-8-5-9-13-36/h4-27H,1-3H3. The van der Waals surface area contributed by atoms with Crippen LogP contribution >= 0.6 is 31.9 Å². The van der Waals surface area contributed by atoms with Crippen molar-refractivity contribution in [2.45, 2.75) is 26.2 Å². The van der Waals surface area contributed by atoms with E-state index in [9.17, 15) is 0 Å². The van der Waals surface area contributed by atoms with Gasteiger partial charge in [0.1, 0.15) is 0 Å². The van der Waals surface area contributed by atoms with Crippen molar-refractivity contribution in [2.24, 2.45) is 0 Å². The molecule has 7 rings (SSSR count). The predicted octanol–water partition coefficient (Wildman–Crippen LogP) is 13.6. The minimum Gasteiger partial charge on any atom is -0.310 e. The predicted molar refractivity (Wildman–Crippen MR) is 201 cm³/mol. The van der Waals surface area contributed by atoms with Crippen molar-refractivity contribution in [3.05, 3.63) is 160 Å². The lowest BCUT2D eigenvalue weighted by Gasteiger charge is -2.25. The average Bonchev–Trinajstić information content (AvgIpc) is 3.05. The molecule has 0 aliphatic heterocycles. The molecule has 1 nitrogen and oxygen atoms in total. The molecule has 0 saturated carbocycles. The summed E-state index contributed by atoms with van der Waals surface area (Å²) in [6, 6.07) is 52.6. The summed E-state index contributed by atoms with van der Waals surface area (Å²) in [6.45, 7) is 6.77. The Morgan fingerprint density at radius 3 is 1.51 bits per heavy atom. The Hall–Kier alpha value is -4.18. The van der Waals surface area contributed by atoms with Crippen molar-refractivity contribution in [3.8, 4) is 22.3 Å². The highest BCUT2D eigenvalue weighted by atomic mass is 79.9. The van der Waals surface area contributed by atoms with Crippen LogP contribution in [-0.4, -0.2) is 0 Å². The van der Waals surface area contributed by atoms with Crippen molar-refractivity contribution in [2.75, 3.05) is 4.90 Å².